The average Bonchev–Trinajstić information content (AvgIpc) is 3.34. The highest BCUT2D eigenvalue weighted by molar-refractivity contribution is 6.07. The molecule has 1 N–H and O–H groups in total. The van der Waals surface area contributed by atoms with E-state index in [4.69, 9.17) is 9.72 Å². The van der Waals surface area contributed by atoms with Crippen LogP contribution in [0.3, 0.4) is 0 Å². The number of aromatic nitrogens is 1. The van der Waals surface area contributed by atoms with Crippen molar-refractivity contribution in [1.29, 1.82) is 0 Å². The van der Waals surface area contributed by atoms with E-state index >= 15 is 0 Å². The predicted octanol–water partition coefficient (Wildman–Crippen LogP) is 3.45. The molecule has 1 aliphatic heterocycles. The Hall–Kier alpha value is -2.63. The number of hydrogen-bond acceptors (Lipinski definition) is 4. The van der Waals surface area contributed by atoms with Crippen molar-refractivity contribution in [3.05, 3.63) is 35.5 Å². The van der Waals surface area contributed by atoms with Gasteiger partial charge < -0.3 is 14.7 Å². The Bertz CT molecular complexity index is 968. The Morgan fingerprint density at radius 2 is 2.00 bits per heavy atom. The molecule has 1 aromatic heterocycles. The molecule has 1 aromatic carbocycles. The molecular formula is C22H24N2O4. The number of pyridine rings is 1. The van der Waals surface area contributed by atoms with Gasteiger partial charge in [0.1, 0.15) is 11.8 Å². The summed E-state index contributed by atoms with van der Waals surface area (Å²) in [4.78, 5) is 32.0. The molecule has 1 amide bonds. The number of carboxylic acid groups (broad SMARTS) is 1. The fraction of sp³-hybridized carbons (Fsp3) is 0.500. The summed E-state index contributed by atoms with van der Waals surface area (Å²) in [5, 5.41) is 10.6. The lowest BCUT2D eigenvalue weighted by Gasteiger charge is -2.25. The van der Waals surface area contributed by atoms with Crippen molar-refractivity contribution in [3.8, 4) is 5.75 Å². The lowest BCUT2D eigenvalue weighted by molar-refractivity contribution is -0.142. The van der Waals surface area contributed by atoms with E-state index in [0.717, 1.165) is 48.7 Å². The molecule has 3 aliphatic rings. The largest absolute Gasteiger partial charge is 0.497 e. The molecule has 3 unspecified atom stereocenters. The van der Waals surface area contributed by atoms with Gasteiger partial charge in [-0.1, -0.05) is 6.42 Å². The van der Waals surface area contributed by atoms with Crippen molar-refractivity contribution in [3.63, 3.8) is 0 Å². The molecule has 1 saturated heterocycles. The lowest BCUT2D eigenvalue weighted by Crippen LogP contribution is -2.43. The SMILES string of the molecule is COc1ccc2nc(C3CC3)cc(C(=O)N3CC4CCCC4C3C(=O)O)c2c1. The summed E-state index contributed by atoms with van der Waals surface area (Å²) in [6, 6.07) is 6.72. The van der Waals surface area contributed by atoms with Crippen LogP contribution in [0.15, 0.2) is 24.3 Å². The van der Waals surface area contributed by atoms with Crippen LogP contribution in [0, 0.1) is 11.8 Å². The number of ether oxygens (including phenoxy) is 1. The van der Waals surface area contributed by atoms with Gasteiger partial charge in [0.25, 0.3) is 5.91 Å². The highest BCUT2D eigenvalue weighted by Crippen LogP contribution is 2.44. The fourth-order valence-corrected chi connectivity index (χ4v) is 5.10. The number of hydrogen-bond donors (Lipinski definition) is 1. The van der Waals surface area contributed by atoms with E-state index in [0.29, 0.717) is 29.7 Å². The standard InChI is InChI=1S/C22H24N2O4/c1-28-14-7-8-18-16(9-14)17(10-19(23-18)12-5-6-12)21(25)24-11-13-3-2-4-15(13)20(24)22(26)27/h7-10,12-13,15,20H,2-6,11H2,1H3,(H,26,27). The molecule has 5 rings (SSSR count). The van der Waals surface area contributed by atoms with Gasteiger partial charge in [-0.05, 0) is 61.8 Å². The number of methoxy groups -OCH3 is 1. The third kappa shape index (κ3) is 2.74. The molecule has 3 fully saturated rings. The number of amides is 1. The topological polar surface area (TPSA) is 79.7 Å². The first kappa shape index (κ1) is 17.5. The molecule has 0 radical (unpaired) electrons. The normalized spacial score (nSPS) is 26.5. The molecule has 6 nitrogen and oxygen atoms in total. The van der Waals surface area contributed by atoms with Crippen LogP contribution in [-0.4, -0.2) is 46.6 Å². The zero-order valence-electron chi connectivity index (χ0n) is 15.9. The van der Waals surface area contributed by atoms with Crippen molar-refractivity contribution in [2.45, 2.75) is 44.1 Å². The second kappa shape index (κ2) is 6.47. The molecule has 3 atom stereocenters. The maximum absolute atomic E-state index is 13.6. The molecule has 2 saturated carbocycles. The van der Waals surface area contributed by atoms with Crippen LogP contribution in [-0.2, 0) is 4.79 Å². The van der Waals surface area contributed by atoms with Gasteiger partial charge >= 0.3 is 5.97 Å². The number of rotatable bonds is 4. The third-order valence-corrected chi connectivity index (χ3v) is 6.67. The van der Waals surface area contributed by atoms with Gasteiger partial charge in [-0.3, -0.25) is 9.78 Å². The molecule has 0 bridgehead atoms. The first-order valence-corrected chi connectivity index (χ1v) is 10.1. The van der Waals surface area contributed by atoms with Crippen LogP contribution in [0.5, 0.6) is 5.75 Å². The van der Waals surface area contributed by atoms with Gasteiger partial charge in [0.2, 0.25) is 0 Å². The van der Waals surface area contributed by atoms with Gasteiger partial charge in [-0.2, -0.15) is 0 Å². The number of carboxylic acids is 1. The van der Waals surface area contributed by atoms with Gasteiger partial charge in [0, 0.05) is 23.5 Å². The zero-order valence-corrected chi connectivity index (χ0v) is 15.9. The van der Waals surface area contributed by atoms with E-state index in [1.54, 1.807) is 12.0 Å². The van der Waals surface area contributed by atoms with Crippen LogP contribution in [0.2, 0.25) is 0 Å². The van der Waals surface area contributed by atoms with Gasteiger partial charge in [-0.25, -0.2) is 4.79 Å². The van der Waals surface area contributed by atoms with Crippen molar-refractivity contribution < 1.29 is 19.4 Å². The minimum absolute atomic E-state index is 0.0759. The Morgan fingerprint density at radius 3 is 2.71 bits per heavy atom. The summed E-state index contributed by atoms with van der Waals surface area (Å²) in [7, 11) is 1.59. The highest BCUT2D eigenvalue weighted by atomic mass is 16.5. The Balaban J connectivity index is 1.61. The monoisotopic (exact) mass is 380 g/mol. The van der Waals surface area contributed by atoms with Crippen molar-refractivity contribution in [2.24, 2.45) is 11.8 Å². The summed E-state index contributed by atoms with van der Waals surface area (Å²) in [5.74, 6) is 0.370. The molecular weight excluding hydrogens is 356 g/mol. The minimum Gasteiger partial charge on any atom is -0.497 e. The summed E-state index contributed by atoms with van der Waals surface area (Å²) in [6.07, 6.45) is 5.14. The van der Waals surface area contributed by atoms with Crippen molar-refractivity contribution >= 4 is 22.8 Å². The summed E-state index contributed by atoms with van der Waals surface area (Å²) in [5.41, 5.74) is 2.25. The molecule has 0 spiro atoms. The van der Waals surface area contributed by atoms with Crippen LogP contribution in [0.4, 0.5) is 0 Å². The Labute approximate surface area is 163 Å². The number of carbonyl (C=O) groups is 2. The van der Waals surface area contributed by atoms with E-state index in [2.05, 4.69) is 0 Å². The predicted molar refractivity (Wildman–Crippen MR) is 104 cm³/mol. The minimum atomic E-state index is -0.888. The number of carbonyl (C=O) groups excluding carboxylic acids is 1. The van der Waals surface area contributed by atoms with Crippen molar-refractivity contribution in [1.82, 2.24) is 9.88 Å². The number of benzene rings is 1. The molecule has 2 aliphatic carbocycles. The lowest BCUT2D eigenvalue weighted by atomic mass is 9.94. The number of fused-ring (bicyclic) bond motifs is 2. The maximum Gasteiger partial charge on any atom is 0.326 e. The van der Waals surface area contributed by atoms with Gasteiger partial charge in [-0.15, -0.1) is 0 Å². The smallest absolute Gasteiger partial charge is 0.326 e. The van der Waals surface area contributed by atoms with E-state index in [1.807, 2.05) is 24.3 Å². The van der Waals surface area contributed by atoms with Crippen molar-refractivity contribution in [2.75, 3.05) is 13.7 Å². The van der Waals surface area contributed by atoms with E-state index in [9.17, 15) is 14.7 Å². The summed E-state index contributed by atoms with van der Waals surface area (Å²) < 4.78 is 5.35. The molecule has 2 heterocycles. The summed E-state index contributed by atoms with van der Waals surface area (Å²) in [6.45, 7) is 0.535. The highest BCUT2D eigenvalue weighted by Gasteiger charge is 2.49. The van der Waals surface area contributed by atoms with E-state index in [1.165, 1.54) is 0 Å². The first-order chi connectivity index (χ1) is 13.6. The van der Waals surface area contributed by atoms with E-state index < -0.39 is 12.0 Å². The second-order valence-electron chi connectivity index (χ2n) is 8.35. The fourth-order valence-electron chi connectivity index (χ4n) is 5.10. The zero-order chi connectivity index (χ0) is 19.4. The molecule has 28 heavy (non-hydrogen) atoms. The molecule has 6 heteroatoms. The van der Waals surface area contributed by atoms with E-state index in [-0.39, 0.29) is 11.8 Å². The van der Waals surface area contributed by atoms with Crippen LogP contribution < -0.4 is 4.74 Å². The summed E-state index contributed by atoms with van der Waals surface area (Å²) >= 11 is 0. The molecule has 2 aromatic rings. The quantitative estimate of drug-likeness (QED) is 0.879. The molecule has 146 valence electrons. The number of likely N-dealkylation sites (tertiary alicyclic amines) is 1. The average molecular weight is 380 g/mol. The third-order valence-electron chi connectivity index (χ3n) is 6.67. The van der Waals surface area contributed by atoms with Gasteiger partial charge in [0.05, 0.1) is 18.2 Å². The number of nitrogens with zero attached hydrogens (tertiary/aromatic N) is 2. The Morgan fingerprint density at radius 1 is 1.18 bits per heavy atom. The first-order valence-electron chi connectivity index (χ1n) is 10.1. The maximum atomic E-state index is 13.6. The second-order valence-corrected chi connectivity index (χ2v) is 8.35. The van der Waals surface area contributed by atoms with Crippen LogP contribution in [0.1, 0.15) is 54.1 Å². The van der Waals surface area contributed by atoms with Crippen LogP contribution >= 0.6 is 0 Å². The number of aliphatic carboxylic acids is 1. The Kier molecular flexibility index (Phi) is 4.03. The van der Waals surface area contributed by atoms with Crippen LogP contribution in [0.25, 0.3) is 10.9 Å². The van der Waals surface area contributed by atoms with Gasteiger partial charge in [0.15, 0.2) is 0 Å².